The molecule has 0 saturated heterocycles. The zero-order valence-electron chi connectivity index (χ0n) is 25.8. The first-order valence-corrected chi connectivity index (χ1v) is 18.2. The summed E-state index contributed by atoms with van der Waals surface area (Å²) in [7, 11) is -3.44. The molecule has 0 aliphatic heterocycles. The molecule has 0 amide bonds. The smallest absolute Gasteiger partial charge is 0.481 e. The van der Waals surface area contributed by atoms with Gasteiger partial charge in [0.1, 0.15) is 0 Å². The van der Waals surface area contributed by atoms with Gasteiger partial charge in [0.25, 0.3) is 0 Å². The van der Waals surface area contributed by atoms with Gasteiger partial charge in [-0.1, -0.05) is 10.4 Å². The first-order chi connectivity index (χ1) is 20.6. The highest BCUT2D eigenvalue weighted by atomic mass is 35.5. The number of nitroso groups, excluding NO2 is 2. The third-order valence-electron chi connectivity index (χ3n) is 7.19. The van der Waals surface area contributed by atoms with Crippen LogP contribution in [0, 0.1) is 9.81 Å². The average molecular weight is 712 g/mol. The summed E-state index contributed by atoms with van der Waals surface area (Å²) in [6, 6.07) is -4.10. The number of alkyl halides is 2. The van der Waals surface area contributed by atoms with Crippen LogP contribution in [0.5, 0.6) is 0 Å². The SMILES string of the molecule is CCO[Si](OCC)(OCC)C(CCC(Cl)(CCC(Cl)(CCCC(=O)O)C(N=O)C(=O)O)C(N=O)C(=O)O)[Si](OC)(OC)OC. The maximum Gasteiger partial charge on any atom is 0.508 e. The first kappa shape index (κ1) is 42.4. The van der Waals surface area contributed by atoms with E-state index in [0.717, 1.165) is 0 Å². The number of carboxylic acids is 3. The van der Waals surface area contributed by atoms with Gasteiger partial charge in [0.05, 0.1) is 14.9 Å². The Morgan fingerprint density at radius 3 is 1.39 bits per heavy atom. The molecule has 0 aromatic heterocycles. The lowest BCUT2D eigenvalue weighted by atomic mass is 9.82. The van der Waals surface area contributed by atoms with Gasteiger partial charge in [0.2, 0.25) is 12.1 Å². The van der Waals surface area contributed by atoms with Crippen molar-refractivity contribution in [2.75, 3.05) is 41.2 Å². The lowest BCUT2D eigenvalue weighted by Gasteiger charge is -2.42. The van der Waals surface area contributed by atoms with E-state index < -0.39 is 81.8 Å². The molecule has 44 heavy (non-hydrogen) atoms. The summed E-state index contributed by atoms with van der Waals surface area (Å²) in [6.07, 6.45) is -2.11. The monoisotopic (exact) mass is 710 g/mol. The fraction of sp³-hybridized carbons (Fsp3) is 0.875. The van der Waals surface area contributed by atoms with Crippen LogP contribution >= 0.6 is 23.2 Å². The summed E-state index contributed by atoms with van der Waals surface area (Å²) in [5.74, 6) is -4.53. The molecule has 0 aromatic carbocycles. The van der Waals surface area contributed by atoms with Crippen molar-refractivity contribution in [3.05, 3.63) is 9.81 Å². The fourth-order valence-corrected chi connectivity index (χ4v) is 13.8. The van der Waals surface area contributed by atoms with Crippen molar-refractivity contribution in [2.24, 2.45) is 10.4 Å². The number of hydrogen-bond donors (Lipinski definition) is 3. The first-order valence-electron chi connectivity index (χ1n) is 13.9. The summed E-state index contributed by atoms with van der Waals surface area (Å²) in [6.45, 7) is 5.64. The molecule has 0 saturated carbocycles. The van der Waals surface area contributed by atoms with Crippen LogP contribution in [0.3, 0.4) is 0 Å². The predicted octanol–water partition coefficient (Wildman–Crippen LogP) is 4.03. The molecule has 0 fully saturated rings. The molecule has 0 aliphatic carbocycles. The minimum absolute atomic E-state index is 0.0979. The molecule has 20 heteroatoms. The van der Waals surface area contributed by atoms with E-state index in [-0.39, 0.29) is 45.5 Å². The molecule has 5 atom stereocenters. The molecule has 0 bridgehead atoms. The highest BCUT2D eigenvalue weighted by molar-refractivity contribution is 6.82. The van der Waals surface area contributed by atoms with Gasteiger partial charge in [0.15, 0.2) is 0 Å². The maximum absolute atomic E-state index is 12.2. The van der Waals surface area contributed by atoms with Crippen LogP contribution in [0.1, 0.15) is 65.7 Å². The quantitative estimate of drug-likeness (QED) is 0.0621. The Labute approximate surface area is 268 Å². The molecule has 0 aliphatic rings. The largest absolute Gasteiger partial charge is 0.508 e. The van der Waals surface area contributed by atoms with Gasteiger partial charge in [0, 0.05) is 47.6 Å². The summed E-state index contributed by atoms with van der Waals surface area (Å²) in [5, 5.41) is 33.0. The van der Waals surface area contributed by atoms with Gasteiger partial charge in [-0.15, -0.1) is 33.0 Å². The Kier molecular flexibility index (Phi) is 19.1. The average Bonchev–Trinajstić information content (AvgIpc) is 2.95. The normalized spacial score (nSPS) is 17.1. The van der Waals surface area contributed by atoms with Crippen LogP contribution < -0.4 is 0 Å². The van der Waals surface area contributed by atoms with E-state index in [1.807, 2.05) is 0 Å². The molecule has 0 aromatic rings. The van der Waals surface area contributed by atoms with Crippen molar-refractivity contribution in [1.82, 2.24) is 0 Å². The van der Waals surface area contributed by atoms with Crippen molar-refractivity contribution in [3.8, 4) is 0 Å². The molecule has 5 unspecified atom stereocenters. The second-order valence-electron chi connectivity index (χ2n) is 9.72. The summed E-state index contributed by atoms with van der Waals surface area (Å²) >= 11 is 13.6. The maximum atomic E-state index is 12.2. The highest BCUT2D eigenvalue weighted by Gasteiger charge is 2.65. The second-order valence-corrected chi connectivity index (χ2v) is 17.7. The van der Waals surface area contributed by atoms with Gasteiger partial charge >= 0.3 is 35.5 Å². The number of hydrogen-bond acceptors (Lipinski definition) is 13. The van der Waals surface area contributed by atoms with E-state index in [4.69, 9.17) is 54.9 Å². The number of carboxylic acid groups (broad SMARTS) is 3. The van der Waals surface area contributed by atoms with E-state index in [0.29, 0.717) is 0 Å². The van der Waals surface area contributed by atoms with E-state index in [1.165, 1.54) is 21.3 Å². The Bertz CT molecular complexity index is 925. The van der Waals surface area contributed by atoms with Crippen LogP contribution in [0.4, 0.5) is 0 Å². The Morgan fingerprint density at radius 2 is 1.09 bits per heavy atom. The predicted molar refractivity (Wildman–Crippen MR) is 163 cm³/mol. The van der Waals surface area contributed by atoms with Crippen molar-refractivity contribution in [3.63, 3.8) is 0 Å². The minimum atomic E-state index is -3.77. The van der Waals surface area contributed by atoms with Gasteiger partial charge < -0.3 is 41.9 Å². The van der Waals surface area contributed by atoms with Crippen LogP contribution in [-0.2, 0) is 40.9 Å². The number of nitrogens with zero attached hydrogens (tertiary/aromatic N) is 2. The topological polar surface area (TPSA) is 226 Å². The highest BCUT2D eigenvalue weighted by Crippen LogP contribution is 2.46. The molecule has 0 rings (SSSR count). The molecule has 3 N–H and O–H groups in total. The molecule has 16 nitrogen and oxygen atoms in total. The van der Waals surface area contributed by atoms with E-state index in [2.05, 4.69) is 10.4 Å². The van der Waals surface area contributed by atoms with Crippen molar-refractivity contribution >= 4 is 58.7 Å². The molecular formula is C24H44Cl2N2O14Si2. The van der Waals surface area contributed by atoms with Gasteiger partial charge in [-0.2, -0.15) is 0 Å². The van der Waals surface area contributed by atoms with E-state index >= 15 is 0 Å². The third kappa shape index (κ3) is 11.0. The van der Waals surface area contributed by atoms with Crippen molar-refractivity contribution in [1.29, 1.82) is 0 Å². The van der Waals surface area contributed by atoms with Crippen molar-refractivity contribution < 1.29 is 56.3 Å². The van der Waals surface area contributed by atoms with Gasteiger partial charge in [-0.25, -0.2) is 9.59 Å². The van der Waals surface area contributed by atoms with Crippen molar-refractivity contribution in [2.45, 2.75) is 92.7 Å². The summed E-state index contributed by atoms with van der Waals surface area (Å²) < 4.78 is 35.6. The number of aliphatic carboxylic acids is 3. The Morgan fingerprint density at radius 1 is 0.705 bits per heavy atom. The van der Waals surface area contributed by atoms with Gasteiger partial charge in [-0.05, 0) is 59.3 Å². The number of carbonyl (C=O) groups is 3. The second kappa shape index (κ2) is 19.8. The van der Waals surface area contributed by atoms with Crippen LogP contribution in [-0.4, -0.2) is 114 Å². The zero-order chi connectivity index (χ0) is 34.2. The Balaban J connectivity index is 6.95. The fourth-order valence-electron chi connectivity index (χ4n) is 5.13. The Hall–Kier alpha value is -1.62. The number of halogens is 2. The third-order valence-corrected chi connectivity index (χ3v) is 16.5. The lowest BCUT2D eigenvalue weighted by Crippen LogP contribution is -2.63. The molecule has 0 heterocycles. The minimum Gasteiger partial charge on any atom is -0.481 e. The molecular weight excluding hydrogens is 667 g/mol. The zero-order valence-corrected chi connectivity index (χ0v) is 29.3. The van der Waals surface area contributed by atoms with Crippen LogP contribution in [0.25, 0.3) is 0 Å². The van der Waals surface area contributed by atoms with Crippen LogP contribution in [0.2, 0.25) is 5.16 Å². The van der Waals surface area contributed by atoms with Gasteiger partial charge in [-0.3, -0.25) is 4.79 Å². The van der Waals surface area contributed by atoms with E-state index in [1.54, 1.807) is 20.8 Å². The molecule has 0 radical (unpaired) electrons. The standard InChI is InChI=1S/C24H44Cl2N2O14Si2/c1-7-40-44(41-8-2,42-9-3)18(43(37-4,38-5)39-6)12-14-24(26,20(28-36)22(33)34)16-15-23(25,13-10-11-17(29)30)19(27-35)21(31)32/h18-20H,7-16H2,1-6H3,(H,29,30)(H,31,32)(H,33,34). The summed E-state index contributed by atoms with van der Waals surface area (Å²) in [5.41, 5.74) is 0. The number of rotatable bonds is 27. The van der Waals surface area contributed by atoms with Crippen LogP contribution in [0.15, 0.2) is 10.4 Å². The molecule has 256 valence electrons. The van der Waals surface area contributed by atoms with E-state index in [9.17, 15) is 34.4 Å². The lowest BCUT2D eigenvalue weighted by molar-refractivity contribution is -0.141. The summed E-state index contributed by atoms with van der Waals surface area (Å²) in [4.78, 5) is 54.5. The molecule has 0 spiro atoms.